The molecule has 1 atom stereocenters. The molecule has 202 valence electrons. The summed E-state index contributed by atoms with van der Waals surface area (Å²) in [6, 6.07) is 32.7. The molecule has 1 aliphatic rings. The van der Waals surface area contributed by atoms with Crippen LogP contribution in [0.25, 0.3) is 11.5 Å². The number of benzene rings is 3. The van der Waals surface area contributed by atoms with E-state index in [0.717, 1.165) is 46.1 Å². The van der Waals surface area contributed by atoms with Gasteiger partial charge in [0.15, 0.2) is 0 Å². The Bertz CT molecular complexity index is 1600. The van der Waals surface area contributed by atoms with E-state index in [-0.39, 0.29) is 12.1 Å². The van der Waals surface area contributed by atoms with Crippen LogP contribution in [0, 0.1) is 6.92 Å². The minimum atomic E-state index is -0.279. The predicted octanol–water partition coefficient (Wildman–Crippen LogP) is 5.89. The lowest BCUT2D eigenvalue weighted by Crippen LogP contribution is -2.42. The van der Waals surface area contributed by atoms with Gasteiger partial charge in [0.05, 0.1) is 29.7 Å². The predicted molar refractivity (Wildman–Crippen MR) is 159 cm³/mol. The second kappa shape index (κ2) is 10.8. The number of aryl methyl sites for hydroxylation is 1. The molecule has 0 saturated heterocycles. The van der Waals surface area contributed by atoms with Crippen molar-refractivity contribution in [2.75, 3.05) is 25.5 Å². The van der Waals surface area contributed by atoms with Crippen LogP contribution in [0.5, 0.6) is 0 Å². The minimum Gasteiger partial charge on any atom is -0.378 e. The van der Waals surface area contributed by atoms with Crippen molar-refractivity contribution in [3.05, 3.63) is 131 Å². The van der Waals surface area contributed by atoms with Gasteiger partial charge >= 0.3 is 6.03 Å². The van der Waals surface area contributed by atoms with Crippen LogP contribution in [0.3, 0.4) is 0 Å². The number of nitrogens with zero attached hydrogens (tertiary/aromatic N) is 5. The third kappa shape index (κ3) is 4.75. The summed E-state index contributed by atoms with van der Waals surface area (Å²) in [6.45, 7) is 3.02. The van der Waals surface area contributed by atoms with Gasteiger partial charge in [0.2, 0.25) is 0 Å². The summed E-state index contributed by atoms with van der Waals surface area (Å²) in [5, 5.41) is 8.15. The van der Waals surface area contributed by atoms with Gasteiger partial charge in [-0.3, -0.25) is 0 Å². The lowest BCUT2D eigenvalue weighted by molar-refractivity contribution is 0.180. The van der Waals surface area contributed by atoms with E-state index in [0.29, 0.717) is 13.1 Å². The zero-order valence-corrected chi connectivity index (χ0v) is 23.2. The zero-order chi connectivity index (χ0) is 27.6. The van der Waals surface area contributed by atoms with Crippen LogP contribution >= 0.6 is 0 Å². The number of amides is 2. The number of nitrogens with one attached hydrogen (secondary N) is 1. The average Bonchev–Trinajstić information content (AvgIpc) is 3.54. The molecule has 0 aliphatic carbocycles. The smallest absolute Gasteiger partial charge is 0.318 e. The summed E-state index contributed by atoms with van der Waals surface area (Å²) in [7, 11) is 4.07. The fourth-order valence-corrected chi connectivity index (χ4v) is 5.51. The van der Waals surface area contributed by atoms with Crippen molar-refractivity contribution in [1.29, 1.82) is 0 Å². The van der Waals surface area contributed by atoms with E-state index in [1.54, 1.807) is 0 Å². The van der Waals surface area contributed by atoms with Crippen molar-refractivity contribution < 1.29 is 4.79 Å². The first kappa shape index (κ1) is 25.5. The standard InChI is InChI=1S/C33H34N6O/c1-24-29-23-38(33(40)34-21-20-25-11-6-4-7-12-25)31(26-16-18-27(19-17-26)36(2)3)30-15-10-22-37(30)32(29)39(35-24)28-13-8-5-9-14-28/h4-19,22,31H,20-21,23H2,1-3H3,(H,34,40)/t31-/m0/s1. The van der Waals surface area contributed by atoms with Crippen LogP contribution in [0.4, 0.5) is 10.5 Å². The van der Waals surface area contributed by atoms with Crippen LogP contribution in [0.1, 0.15) is 34.1 Å². The zero-order valence-electron chi connectivity index (χ0n) is 23.2. The van der Waals surface area contributed by atoms with Crippen LogP contribution in [0.15, 0.2) is 103 Å². The van der Waals surface area contributed by atoms with Crippen LogP contribution in [-0.2, 0) is 13.0 Å². The van der Waals surface area contributed by atoms with Gasteiger partial charge in [-0.05, 0) is 60.9 Å². The minimum absolute atomic E-state index is 0.0925. The molecule has 7 nitrogen and oxygen atoms in total. The highest BCUT2D eigenvalue weighted by Crippen LogP contribution is 2.38. The summed E-state index contributed by atoms with van der Waals surface area (Å²) in [5.74, 6) is 0.971. The Morgan fingerprint density at radius 2 is 1.62 bits per heavy atom. The molecule has 6 rings (SSSR count). The summed E-state index contributed by atoms with van der Waals surface area (Å²) < 4.78 is 4.20. The van der Waals surface area contributed by atoms with E-state index in [2.05, 4.69) is 81.6 Å². The number of carbonyl (C=O) groups excluding carboxylic acids is 1. The first-order valence-corrected chi connectivity index (χ1v) is 13.7. The number of anilines is 1. The van der Waals surface area contributed by atoms with E-state index in [1.807, 2.05) is 67.0 Å². The fourth-order valence-electron chi connectivity index (χ4n) is 5.51. The van der Waals surface area contributed by atoms with Crippen molar-refractivity contribution >= 4 is 11.7 Å². The van der Waals surface area contributed by atoms with Crippen molar-refractivity contribution in [2.24, 2.45) is 0 Å². The maximum absolute atomic E-state index is 14.0. The average molecular weight is 531 g/mol. The van der Waals surface area contributed by atoms with Gasteiger partial charge in [-0.2, -0.15) is 5.10 Å². The molecule has 0 bridgehead atoms. The first-order chi connectivity index (χ1) is 19.5. The molecule has 0 fully saturated rings. The fraction of sp³-hybridized carbons (Fsp3) is 0.212. The van der Waals surface area contributed by atoms with Crippen LogP contribution in [-0.4, -0.2) is 45.9 Å². The van der Waals surface area contributed by atoms with Gasteiger partial charge < -0.3 is 19.7 Å². The van der Waals surface area contributed by atoms with E-state index < -0.39 is 0 Å². The third-order valence-electron chi connectivity index (χ3n) is 7.61. The Balaban J connectivity index is 1.43. The van der Waals surface area contributed by atoms with Gasteiger partial charge in [-0.25, -0.2) is 9.48 Å². The van der Waals surface area contributed by atoms with Gasteiger partial charge in [0.1, 0.15) is 5.82 Å². The largest absolute Gasteiger partial charge is 0.378 e. The van der Waals surface area contributed by atoms with Gasteiger partial charge in [0, 0.05) is 38.1 Å². The topological polar surface area (TPSA) is 58.3 Å². The molecule has 7 heteroatoms. The molecule has 5 aromatic rings. The van der Waals surface area contributed by atoms with Crippen molar-refractivity contribution in [3.63, 3.8) is 0 Å². The highest BCUT2D eigenvalue weighted by molar-refractivity contribution is 5.76. The number of rotatable bonds is 6. The molecule has 40 heavy (non-hydrogen) atoms. The van der Waals surface area contributed by atoms with Crippen LogP contribution < -0.4 is 10.2 Å². The lowest BCUT2D eigenvalue weighted by Gasteiger charge is -2.31. The molecule has 1 N–H and O–H groups in total. The Morgan fingerprint density at radius 1 is 0.925 bits per heavy atom. The van der Waals surface area contributed by atoms with Crippen molar-refractivity contribution in [3.8, 4) is 11.5 Å². The number of urea groups is 1. The van der Waals surface area contributed by atoms with E-state index in [1.165, 1.54) is 5.56 Å². The summed E-state index contributed by atoms with van der Waals surface area (Å²) >= 11 is 0. The van der Waals surface area contributed by atoms with Crippen molar-refractivity contribution in [2.45, 2.75) is 25.9 Å². The third-order valence-corrected chi connectivity index (χ3v) is 7.61. The monoisotopic (exact) mass is 530 g/mol. The molecule has 0 saturated carbocycles. The molecule has 3 aromatic carbocycles. The Labute approximate surface area is 235 Å². The highest BCUT2D eigenvalue weighted by atomic mass is 16.2. The second-order valence-corrected chi connectivity index (χ2v) is 10.4. The van der Waals surface area contributed by atoms with Crippen LogP contribution in [0.2, 0.25) is 0 Å². The number of hydrogen-bond acceptors (Lipinski definition) is 3. The molecular formula is C33H34N6O. The number of fused-ring (bicyclic) bond motifs is 3. The van der Waals surface area contributed by atoms with E-state index >= 15 is 0 Å². The molecule has 3 heterocycles. The summed E-state index contributed by atoms with van der Waals surface area (Å²) in [6.07, 6.45) is 2.85. The molecule has 1 aliphatic heterocycles. The Hall–Kier alpha value is -4.78. The van der Waals surface area contributed by atoms with Gasteiger partial charge in [0.25, 0.3) is 0 Å². The number of hydrogen-bond donors (Lipinski definition) is 1. The van der Waals surface area contributed by atoms with Gasteiger partial charge in [-0.15, -0.1) is 0 Å². The molecule has 0 unspecified atom stereocenters. The molecular weight excluding hydrogens is 496 g/mol. The summed E-state index contributed by atoms with van der Waals surface area (Å²) in [5.41, 5.74) is 7.32. The van der Waals surface area contributed by atoms with E-state index in [4.69, 9.17) is 5.10 Å². The van der Waals surface area contributed by atoms with Crippen molar-refractivity contribution in [1.82, 2.24) is 24.6 Å². The second-order valence-electron chi connectivity index (χ2n) is 10.4. The molecule has 0 spiro atoms. The maximum Gasteiger partial charge on any atom is 0.318 e. The number of aromatic nitrogens is 3. The Kier molecular flexibility index (Phi) is 6.86. The normalized spacial score (nSPS) is 14.3. The molecule has 0 radical (unpaired) electrons. The quantitative estimate of drug-likeness (QED) is 0.298. The SMILES string of the molecule is Cc1nn(-c2ccccc2)c2c1CN(C(=O)NCCc1ccccc1)[C@@H](c1ccc(N(C)C)cc1)c1cccn1-2. The lowest BCUT2D eigenvalue weighted by atomic mass is 10.0. The summed E-state index contributed by atoms with van der Waals surface area (Å²) in [4.78, 5) is 18.0. The number of para-hydroxylation sites is 1. The Morgan fingerprint density at radius 3 is 2.33 bits per heavy atom. The molecule has 2 amide bonds. The first-order valence-electron chi connectivity index (χ1n) is 13.7. The number of carbonyl (C=O) groups is 1. The van der Waals surface area contributed by atoms with Gasteiger partial charge in [-0.1, -0.05) is 60.7 Å². The maximum atomic E-state index is 14.0. The van der Waals surface area contributed by atoms with E-state index in [9.17, 15) is 4.79 Å². The molecule has 2 aromatic heterocycles. The highest BCUT2D eigenvalue weighted by Gasteiger charge is 2.35.